The Bertz CT molecular complexity index is 459. The highest BCUT2D eigenvalue weighted by molar-refractivity contribution is 7.80. The van der Waals surface area contributed by atoms with Crippen LogP contribution < -0.4 is 5.32 Å². The van der Waals surface area contributed by atoms with Gasteiger partial charge in [-0.25, -0.2) is 0 Å². The zero-order chi connectivity index (χ0) is 14.4. The van der Waals surface area contributed by atoms with Crippen molar-refractivity contribution in [2.45, 2.75) is 20.3 Å². The van der Waals surface area contributed by atoms with Gasteiger partial charge >= 0.3 is 5.97 Å². The standard InChI is InChI=1S/C13H17ClN2O2S/c1-3-16(8-7-11(17)18)13(19)15-12-9(2)5-4-6-10(12)14/h4-6H,3,7-8H2,1-2H3,(H,15,19)(H,17,18). The fourth-order valence-electron chi connectivity index (χ4n) is 1.61. The first kappa shape index (κ1) is 15.7. The predicted octanol–water partition coefficient (Wildman–Crippen LogP) is 3.14. The summed E-state index contributed by atoms with van der Waals surface area (Å²) >= 11 is 11.4. The maximum atomic E-state index is 10.6. The molecule has 104 valence electrons. The van der Waals surface area contributed by atoms with Crippen LogP contribution in [0.4, 0.5) is 5.69 Å². The molecule has 0 atom stereocenters. The summed E-state index contributed by atoms with van der Waals surface area (Å²) in [4.78, 5) is 12.4. The molecule has 0 saturated carbocycles. The fraction of sp³-hybridized carbons (Fsp3) is 0.385. The zero-order valence-corrected chi connectivity index (χ0v) is 12.5. The van der Waals surface area contributed by atoms with E-state index in [1.54, 1.807) is 11.0 Å². The van der Waals surface area contributed by atoms with Gasteiger partial charge in [0.15, 0.2) is 5.11 Å². The molecule has 19 heavy (non-hydrogen) atoms. The number of aryl methyl sites for hydroxylation is 1. The molecule has 0 bridgehead atoms. The lowest BCUT2D eigenvalue weighted by atomic mass is 10.2. The van der Waals surface area contributed by atoms with Crippen LogP contribution in [0, 0.1) is 6.92 Å². The van der Waals surface area contributed by atoms with Crippen LogP contribution in [0.1, 0.15) is 18.9 Å². The highest BCUT2D eigenvalue weighted by atomic mass is 35.5. The number of halogens is 1. The second-order valence-electron chi connectivity index (χ2n) is 4.09. The lowest BCUT2D eigenvalue weighted by Crippen LogP contribution is -2.36. The van der Waals surface area contributed by atoms with Crippen molar-refractivity contribution in [1.29, 1.82) is 0 Å². The van der Waals surface area contributed by atoms with Gasteiger partial charge in [0, 0.05) is 13.1 Å². The number of rotatable bonds is 5. The topological polar surface area (TPSA) is 52.6 Å². The van der Waals surface area contributed by atoms with E-state index in [1.807, 2.05) is 26.0 Å². The summed E-state index contributed by atoms with van der Waals surface area (Å²) in [5, 5.41) is 12.9. The first-order valence-corrected chi connectivity index (χ1v) is 6.77. The molecule has 6 heteroatoms. The van der Waals surface area contributed by atoms with E-state index in [-0.39, 0.29) is 6.42 Å². The van der Waals surface area contributed by atoms with Gasteiger partial charge in [-0.3, -0.25) is 4.79 Å². The predicted molar refractivity (Wildman–Crippen MR) is 81.9 cm³/mol. The van der Waals surface area contributed by atoms with Crippen LogP contribution in [0.25, 0.3) is 0 Å². The molecule has 1 aromatic rings. The molecule has 2 N–H and O–H groups in total. The number of carbonyl (C=O) groups is 1. The van der Waals surface area contributed by atoms with Crippen molar-refractivity contribution in [3.8, 4) is 0 Å². The monoisotopic (exact) mass is 300 g/mol. The smallest absolute Gasteiger partial charge is 0.305 e. The lowest BCUT2D eigenvalue weighted by molar-refractivity contribution is -0.137. The second kappa shape index (κ2) is 7.31. The molecule has 0 aliphatic heterocycles. The van der Waals surface area contributed by atoms with E-state index in [0.717, 1.165) is 11.3 Å². The Morgan fingerprint density at radius 2 is 2.21 bits per heavy atom. The van der Waals surface area contributed by atoms with Crippen molar-refractivity contribution >= 4 is 40.6 Å². The van der Waals surface area contributed by atoms with Crippen LogP contribution in [0.3, 0.4) is 0 Å². The largest absolute Gasteiger partial charge is 0.481 e. The Morgan fingerprint density at radius 1 is 1.53 bits per heavy atom. The normalized spacial score (nSPS) is 10.1. The Morgan fingerprint density at radius 3 is 2.74 bits per heavy atom. The maximum absolute atomic E-state index is 10.6. The summed E-state index contributed by atoms with van der Waals surface area (Å²) in [5.74, 6) is -0.838. The molecule has 0 fully saturated rings. The van der Waals surface area contributed by atoms with Crippen molar-refractivity contribution in [3.63, 3.8) is 0 Å². The van der Waals surface area contributed by atoms with Crippen molar-refractivity contribution in [2.75, 3.05) is 18.4 Å². The average Bonchev–Trinajstić information content (AvgIpc) is 2.34. The number of thiocarbonyl (C=S) groups is 1. The van der Waals surface area contributed by atoms with E-state index < -0.39 is 5.97 Å². The van der Waals surface area contributed by atoms with Crippen LogP contribution in [0.15, 0.2) is 18.2 Å². The molecule has 0 spiro atoms. The van der Waals surface area contributed by atoms with Crippen LogP contribution in [-0.2, 0) is 4.79 Å². The summed E-state index contributed by atoms with van der Waals surface area (Å²) in [5.41, 5.74) is 1.76. The van der Waals surface area contributed by atoms with E-state index in [0.29, 0.717) is 23.2 Å². The lowest BCUT2D eigenvalue weighted by Gasteiger charge is -2.24. The minimum absolute atomic E-state index is 0.0527. The van der Waals surface area contributed by atoms with Gasteiger partial charge < -0.3 is 15.3 Å². The van der Waals surface area contributed by atoms with Gasteiger partial charge in [0.1, 0.15) is 0 Å². The van der Waals surface area contributed by atoms with Crippen molar-refractivity contribution in [3.05, 3.63) is 28.8 Å². The number of nitrogens with zero attached hydrogens (tertiary/aromatic N) is 1. The van der Waals surface area contributed by atoms with Gasteiger partial charge in [-0.1, -0.05) is 23.7 Å². The number of hydrogen-bond acceptors (Lipinski definition) is 2. The molecular formula is C13H17ClN2O2S. The molecule has 0 aliphatic rings. The molecule has 1 aromatic carbocycles. The number of carboxylic acid groups (broad SMARTS) is 1. The SMILES string of the molecule is CCN(CCC(=O)O)C(=S)Nc1c(C)cccc1Cl. The first-order valence-electron chi connectivity index (χ1n) is 5.98. The van der Waals surface area contributed by atoms with Gasteiger partial charge in [0.05, 0.1) is 17.1 Å². The van der Waals surface area contributed by atoms with E-state index in [4.69, 9.17) is 28.9 Å². The Balaban J connectivity index is 2.74. The quantitative estimate of drug-likeness (QED) is 0.818. The first-order chi connectivity index (χ1) is 8.95. The summed E-state index contributed by atoms with van der Waals surface area (Å²) < 4.78 is 0. The van der Waals surface area contributed by atoms with Crippen LogP contribution in [0.5, 0.6) is 0 Å². The van der Waals surface area contributed by atoms with Crippen LogP contribution >= 0.6 is 23.8 Å². The third-order valence-electron chi connectivity index (χ3n) is 2.72. The fourth-order valence-corrected chi connectivity index (χ4v) is 2.20. The number of aliphatic carboxylic acids is 1. The van der Waals surface area contributed by atoms with Gasteiger partial charge in [-0.15, -0.1) is 0 Å². The average molecular weight is 301 g/mol. The third kappa shape index (κ3) is 4.69. The maximum Gasteiger partial charge on any atom is 0.305 e. The van der Waals surface area contributed by atoms with Gasteiger partial charge in [0.25, 0.3) is 0 Å². The number of carboxylic acids is 1. The minimum Gasteiger partial charge on any atom is -0.481 e. The van der Waals surface area contributed by atoms with Gasteiger partial charge in [-0.2, -0.15) is 0 Å². The van der Waals surface area contributed by atoms with Crippen molar-refractivity contribution in [1.82, 2.24) is 4.90 Å². The molecule has 0 saturated heterocycles. The Hall–Kier alpha value is -1.33. The van der Waals surface area contributed by atoms with Crippen molar-refractivity contribution < 1.29 is 9.90 Å². The highest BCUT2D eigenvalue weighted by Gasteiger charge is 2.12. The van der Waals surface area contributed by atoms with Crippen LogP contribution in [0.2, 0.25) is 5.02 Å². The molecule has 0 aliphatic carbocycles. The van der Waals surface area contributed by atoms with E-state index >= 15 is 0 Å². The molecule has 0 heterocycles. The number of anilines is 1. The summed E-state index contributed by atoms with van der Waals surface area (Å²) in [6, 6.07) is 5.59. The summed E-state index contributed by atoms with van der Waals surface area (Å²) in [6.45, 7) is 4.88. The van der Waals surface area contributed by atoms with Crippen LogP contribution in [-0.4, -0.2) is 34.2 Å². The third-order valence-corrected chi connectivity index (χ3v) is 3.39. The molecule has 0 aromatic heterocycles. The number of para-hydroxylation sites is 1. The van der Waals surface area contributed by atoms with Crippen molar-refractivity contribution in [2.24, 2.45) is 0 Å². The molecule has 0 unspecified atom stereocenters. The van der Waals surface area contributed by atoms with E-state index in [9.17, 15) is 4.79 Å². The summed E-state index contributed by atoms with van der Waals surface area (Å²) in [6.07, 6.45) is 0.0527. The number of nitrogens with one attached hydrogen (secondary N) is 1. The van der Waals surface area contributed by atoms with E-state index in [1.165, 1.54) is 0 Å². The minimum atomic E-state index is -0.838. The molecular weight excluding hydrogens is 284 g/mol. The Labute approximate surface area is 123 Å². The van der Waals surface area contributed by atoms with E-state index in [2.05, 4.69) is 5.32 Å². The number of hydrogen-bond donors (Lipinski definition) is 2. The zero-order valence-electron chi connectivity index (χ0n) is 10.9. The highest BCUT2D eigenvalue weighted by Crippen LogP contribution is 2.25. The molecule has 0 amide bonds. The molecule has 4 nitrogen and oxygen atoms in total. The molecule has 1 rings (SSSR count). The second-order valence-corrected chi connectivity index (χ2v) is 4.88. The Kier molecular flexibility index (Phi) is 6.05. The molecule has 0 radical (unpaired) electrons. The van der Waals surface area contributed by atoms with Gasteiger partial charge in [-0.05, 0) is 37.7 Å². The number of benzene rings is 1. The van der Waals surface area contributed by atoms with Gasteiger partial charge in [0.2, 0.25) is 0 Å². The summed E-state index contributed by atoms with van der Waals surface area (Å²) in [7, 11) is 0.